The lowest BCUT2D eigenvalue weighted by molar-refractivity contribution is -0.131. The van der Waals surface area contributed by atoms with E-state index in [1.165, 1.54) is 0 Å². The monoisotopic (exact) mass is 308 g/mol. The number of thioether (sulfide) groups is 1. The Labute approximate surface area is 134 Å². The second-order valence-corrected chi connectivity index (χ2v) is 6.01. The van der Waals surface area contributed by atoms with Gasteiger partial charge in [0.1, 0.15) is 5.76 Å². The van der Waals surface area contributed by atoms with Crippen molar-refractivity contribution in [3.05, 3.63) is 82.8 Å². The molecule has 22 heavy (non-hydrogen) atoms. The number of hydrogen-bond acceptors (Lipinski definition) is 3. The molecule has 110 valence electrons. The number of esters is 1. The first-order chi connectivity index (χ1) is 10.8. The molecule has 0 bridgehead atoms. The molecule has 0 saturated heterocycles. The Balaban J connectivity index is 2.03. The minimum atomic E-state index is -0.325. The molecule has 0 spiro atoms. The summed E-state index contributed by atoms with van der Waals surface area (Å²) in [5, 5.41) is 0. The van der Waals surface area contributed by atoms with Crippen molar-refractivity contribution in [1.29, 1.82) is 0 Å². The van der Waals surface area contributed by atoms with Crippen molar-refractivity contribution in [2.75, 3.05) is 0 Å². The zero-order chi connectivity index (χ0) is 15.4. The van der Waals surface area contributed by atoms with Crippen molar-refractivity contribution < 1.29 is 9.53 Å². The van der Waals surface area contributed by atoms with Gasteiger partial charge in [-0.25, -0.2) is 4.79 Å². The highest BCUT2D eigenvalue weighted by Crippen LogP contribution is 2.41. The number of ether oxygens (including phenoxy) is 1. The van der Waals surface area contributed by atoms with Gasteiger partial charge in [-0.3, -0.25) is 0 Å². The fourth-order valence-corrected chi connectivity index (χ4v) is 3.36. The zero-order valence-electron chi connectivity index (χ0n) is 12.3. The van der Waals surface area contributed by atoms with Crippen molar-refractivity contribution in [2.45, 2.75) is 13.3 Å². The van der Waals surface area contributed by atoms with Crippen molar-refractivity contribution in [3.8, 4) is 0 Å². The lowest BCUT2D eigenvalue weighted by Gasteiger charge is -2.11. The number of hydrogen-bond donors (Lipinski definition) is 0. The highest BCUT2D eigenvalue weighted by atomic mass is 32.2. The van der Waals surface area contributed by atoms with Gasteiger partial charge in [0.2, 0.25) is 0 Å². The van der Waals surface area contributed by atoms with E-state index in [1.807, 2.05) is 60.7 Å². The van der Waals surface area contributed by atoms with Crippen LogP contribution in [0.1, 0.15) is 24.5 Å². The van der Waals surface area contributed by atoms with Crippen LogP contribution in [0, 0.1) is 0 Å². The van der Waals surface area contributed by atoms with Crippen LogP contribution in [0.15, 0.2) is 71.6 Å². The minimum Gasteiger partial charge on any atom is -0.422 e. The van der Waals surface area contributed by atoms with E-state index in [9.17, 15) is 4.79 Å². The third-order valence-corrected chi connectivity index (χ3v) is 4.65. The van der Waals surface area contributed by atoms with Gasteiger partial charge in [-0.1, -0.05) is 79.3 Å². The largest absolute Gasteiger partial charge is 0.422 e. The van der Waals surface area contributed by atoms with Crippen LogP contribution in [0.4, 0.5) is 0 Å². The van der Waals surface area contributed by atoms with Crippen molar-refractivity contribution in [3.63, 3.8) is 0 Å². The average Bonchev–Trinajstić information content (AvgIpc) is 2.75. The van der Waals surface area contributed by atoms with Crippen LogP contribution in [0.25, 0.3) is 10.7 Å². The van der Waals surface area contributed by atoms with Crippen LogP contribution in [0.5, 0.6) is 0 Å². The number of carbonyl (C=O) groups is 1. The van der Waals surface area contributed by atoms with Crippen molar-refractivity contribution in [2.24, 2.45) is 0 Å². The Hall–Kier alpha value is -2.26. The van der Waals surface area contributed by atoms with Gasteiger partial charge in [0, 0.05) is 21.4 Å². The molecule has 0 radical (unpaired) electrons. The smallest absolute Gasteiger partial charge is 0.337 e. The normalized spacial score (nSPS) is 15.1. The lowest BCUT2D eigenvalue weighted by Crippen LogP contribution is -2.00. The molecule has 1 aliphatic heterocycles. The van der Waals surface area contributed by atoms with E-state index in [0.29, 0.717) is 5.76 Å². The molecule has 0 amide bonds. The number of cyclic esters (lactones) is 1. The molecule has 1 heterocycles. The van der Waals surface area contributed by atoms with Crippen LogP contribution in [0.3, 0.4) is 0 Å². The first kappa shape index (κ1) is 14.7. The Morgan fingerprint density at radius 2 is 1.50 bits per heavy atom. The van der Waals surface area contributed by atoms with Gasteiger partial charge in [-0.2, -0.15) is 0 Å². The molecule has 3 rings (SSSR count). The summed E-state index contributed by atoms with van der Waals surface area (Å²) in [5.74, 6) is 0.342. The molecule has 2 aromatic rings. The van der Waals surface area contributed by atoms with E-state index in [1.54, 1.807) is 17.8 Å². The molecule has 0 unspecified atom stereocenters. The van der Waals surface area contributed by atoms with Crippen LogP contribution < -0.4 is 0 Å². The van der Waals surface area contributed by atoms with Crippen molar-refractivity contribution in [1.82, 2.24) is 0 Å². The topological polar surface area (TPSA) is 26.3 Å². The molecule has 2 nitrogen and oxygen atoms in total. The standard InChI is InChI=1S/C19H16O2S/c1-2-16-19(15-11-7-4-8-12-15)21-18(20)13-17(22-16)14-9-5-3-6-10-14/h3-13H,2H2,1H3. The highest BCUT2D eigenvalue weighted by Gasteiger charge is 2.20. The Morgan fingerprint density at radius 3 is 2.09 bits per heavy atom. The van der Waals surface area contributed by atoms with Gasteiger partial charge >= 0.3 is 5.97 Å². The van der Waals surface area contributed by atoms with Gasteiger partial charge < -0.3 is 4.74 Å². The molecule has 0 N–H and O–H groups in total. The lowest BCUT2D eigenvalue weighted by atomic mass is 10.1. The Kier molecular flexibility index (Phi) is 4.45. The molecule has 3 heteroatoms. The van der Waals surface area contributed by atoms with Gasteiger partial charge in [-0.15, -0.1) is 0 Å². The summed E-state index contributed by atoms with van der Waals surface area (Å²) in [6.45, 7) is 2.08. The molecular weight excluding hydrogens is 292 g/mol. The summed E-state index contributed by atoms with van der Waals surface area (Å²) < 4.78 is 5.60. The van der Waals surface area contributed by atoms with E-state index >= 15 is 0 Å². The Bertz CT molecular complexity index is 731. The zero-order valence-corrected chi connectivity index (χ0v) is 13.1. The second-order valence-electron chi connectivity index (χ2n) is 4.87. The highest BCUT2D eigenvalue weighted by molar-refractivity contribution is 8.12. The number of rotatable bonds is 3. The summed E-state index contributed by atoms with van der Waals surface area (Å²) in [5.41, 5.74) is 1.97. The third kappa shape index (κ3) is 3.15. The first-order valence-electron chi connectivity index (χ1n) is 7.23. The van der Waals surface area contributed by atoms with Gasteiger partial charge in [0.15, 0.2) is 0 Å². The fraction of sp³-hybridized carbons (Fsp3) is 0.105. The van der Waals surface area contributed by atoms with E-state index in [4.69, 9.17) is 4.74 Å². The molecule has 1 aliphatic rings. The molecule has 2 aromatic carbocycles. The Morgan fingerprint density at radius 1 is 0.909 bits per heavy atom. The molecule has 0 atom stereocenters. The summed E-state index contributed by atoms with van der Waals surface area (Å²) >= 11 is 1.61. The molecular formula is C19H16O2S. The van der Waals surface area contributed by atoms with Gasteiger partial charge in [0.25, 0.3) is 0 Å². The summed E-state index contributed by atoms with van der Waals surface area (Å²) in [7, 11) is 0. The summed E-state index contributed by atoms with van der Waals surface area (Å²) in [6, 6.07) is 19.7. The van der Waals surface area contributed by atoms with Gasteiger partial charge in [-0.05, 0) is 12.0 Å². The van der Waals surface area contributed by atoms with Crippen molar-refractivity contribution >= 4 is 28.4 Å². The maximum absolute atomic E-state index is 12.2. The summed E-state index contributed by atoms with van der Waals surface area (Å²) in [4.78, 5) is 14.2. The maximum Gasteiger partial charge on any atom is 0.337 e. The number of allylic oxidation sites excluding steroid dienone is 1. The van der Waals surface area contributed by atoms with E-state index in [0.717, 1.165) is 27.4 Å². The maximum atomic E-state index is 12.2. The fourth-order valence-electron chi connectivity index (χ4n) is 2.29. The van der Waals surface area contributed by atoms with Crippen LogP contribution >= 0.6 is 11.8 Å². The third-order valence-electron chi connectivity index (χ3n) is 3.35. The molecule has 0 aromatic heterocycles. The predicted octanol–water partition coefficient (Wildman–Crippen LogP) is 5.10. The number of carbonyl (C=O) groups excluding carboxylic acids is 1. The first-order valence-corrected chi connectivity index (χ1v) is 8.05. The molecule has 0 aliphatic carbocycles. The molecule has 0 fully saturated rings. The van der Waals surface area contributed by atoms with Crippen LogP contribution in [-0.2, 0) is 9.53 Å². The van der Waals surface area contributed by atoms with Crippen LogP contribution in [0.2, 0.25) is 0 Å². The van der Waals surface area contributed by atoms with Gasteiger partial charge in [0.05, 0.1) is 0 Å². The minimum absolute atomic E-state index is 0.325. The SMILES string of the molecule is CCC1=C(c2ccccc2)OC(=O)C=C(c2ccccc2)S1. The average molecular weight is 308 g/mol. The van der Waals surface area contributed by atoms with E-state index in [2.05, 4.69) is 6.92 Å². The predicted molar refractivity (Wildman–Crippen MR) is 91.8 cm³/mol. The van der Waals surface area contributed by atoms with E-state index < -0.39 is 0 Å². The van der Waals surface area contributed by atoms with Crippen LogP contribution in [-0.4, -0.2) is 5.97 Å². The van der Waals surface area contributed by atoms with E-state index in [-0.39, 0.29) is 5.97 Å². The number of benzene rings is 2. The quantitative estimate of drug-likeness (QED) is 0.738. The molecule has 0 saturated carbocycles. The second kappa shape index (κ2) is 6.67. The summed E-state index contributed by atoms with van der Waals surface area (Å²) in [6.07, 6.45) is 2.39.